The van der Waals surface area contributed by atoms with Gasteiger partial charge in [-0.2, -0.15) is 11.8 Å². The Balaban J connectivity index is 3.86. The monoisotopic (exact) mass is 202 g/mol. The second-order valence-corrected chi connectivity index (χ2v) is 3.87. The fourth-order valence-electron chi connectivity index (χ4n) is 0.902. The Bertz CT molecular complexity index is 173. The Morgan fingerprint density at radius 2 is 2.38 bits per heavy atom. The van der Waals surface area contributed by atoms with Crippen LogP contribution in [-0.4, -0.2) is 42.4 Å². The maximum Gasteiger partial charge on any atom is 0.239 e. The topological polar surface area (TPSA) is 46.3 Å². The molecule has 1 atom stereocenters. The summed E-state index contributed by atoms with van der Waals surface area (Å²) in [5.41, 5.74) is 5.63. The fourth-order valence-corrected chi connectivity index (χ4v) is 1.36. The summed E-state index contributed by atoms with van der Waals surface area (Å²) in [5.74, 6) is 0.942. The van der Waals surface area contributed by atoms with E-state index >= 15 is 0 Å². The van der Waals surface area contributed by atoms with Gasteiger partial charge in [0.2, 0.25) is 5.91 Å². The van der Waals surface area contributed by atoms with Gasteiger partial charge in [-0.15, -0.1) is 6.58 Å². The van der Waals surface area contributed by atoms with Crippen molar-refractivity contribution in [2.45, 2.75) is 12.5 Å². The molecule has 13 heavy (non-hydrogen) atoms. The Morgan fingerprint density at radius 1 is 1.77 bits per heavy atom. The predicted octanol–water partition coefficient (Wildman–Crippen LogP) is 0.711. The molecule has 0 aromatic rings. The summed E-state index contributed by atoms with van der Waals surface area (Å²) in [5, 5.41) is 0. The number of carbonyl (C=O) groups excluding carboxylic acids is 1. The summed E-state index contributed by atoms with van der Waals surface area (Å²) in [6.45, 7) is 4.30. The molecule has 0 aliphatic carbocycles. The van der Waals surface area contributed by atoms with Crippen LogP contribution in [0.2, 0.25) is 0 Å². The molecule has 0 radical (unpaired) electrons. The summed E-state index contributed by atoms with van der Waals surface area (Å²) < 4.78 is 0. The second kappa shape index (κ2) is 6.97. The van der Waals surface area contributed by atoms with Crippen LogP contribution in [0, 0.1) is 0 Å². The van der Waals surface area contributed by atoms with E-state index in [4.69, 9.17) is 5.73 Å². The van der Waals surface area contributed by atoms with Crippen LogP contribution in [0.4, 0.5) is 0 Å². The maximum atomic E-state index is 11.5. The van der Waals surface area contributed by atoms with Crippen LogP contribution in [0.3, 0.4) is 0 Å². The zero-order valence-corrected chi connectivity index (χ0v) is 9.14. The lowest BCUT2D eigenvalue weighted by Gasteiger charge is -2.19. The highest BCUT2D eigenvalue weighted by molar-refractivity contribution is 7.98. The molecule has 76 valence electrons. The minimum absolute atomic E-state index is 0.00560. The number of rotatable bonds is 6. The van der Waals surface area contributed by atoms with E-state index in [0.717, 1.165) is 12.3 Å². The van der Waals surface area contributed by atoms with Gasteiger partial charge in [0.05, 0.1) is 6.04 Å². The first-order chi connectivity index (χ1) is 6.13. The molecule has 0 aromatic heterocycles. The number of hydrogen-bond acceptors (Lipinski definition) is 3. The van der Waals surface area contributed by atoms with Crippen LogP contribution in [0.15, 0.2) is 12.7 Å². The molecule has 3 nitrogen and oxygen atoms in total. The molecule has 0 aromatic carbocycles. The van der Waals surface area contributed by atoms with Crippen LogP contribution < -0.4 is 5.73 Å². The molecule has 0 saturated carbocycles. The lowest BCUT2D eigenvalue weighted by Crippen LogP contribution is -2.42. The van der Waals surface area contributed by atoms with Gasteiger partial charge in [-0.1, -0.05) is 6.08 Å². The third kappa shape index (κ3) is 4.95. The number of likely N-dealkylation sites (N-methyl/N-ethyl adjacent to an activating group) is 1. The molecule has 0 fully saturated rings. The number of nitrogens with zero attached hydrogens (tertiary/aromatic N) is 1. The van der Waals surface area contributed by atoms with E-state index in [0.29, 0.717) is 6.42 Å². The average Bonchev–Trinajstić information content (AvgIpc) is 2.13. The SMILES string of the molecule is C=CCC(N)C(=O)N(C)CCSC. The molecular formula is C9H18N2OS. The highest BCUT2D eigenvalue weighted by atomic mass is 32.2. The lowest BCUT2D eigenvalue weighted by molar-refractivity contribution is -0.130. The minimum atomic E-state index is -0.427. The first kappa shape index (κ1) is 12.5. The molecule has 0 bridgehead atoms. The van der Waals surface area contributed by atoms with Gasteiger partial charge in [0, 0.05) is 19.3 Å². The highest BCUT2D eigenvalue weighted by Crippen LogP contribution is 1.98. The predicted molar refractivity (Wildman–Crippen MR) is 58.8 cm³/mol. The van der Waals surface area contributed by atoms with Crippen molar-refractivity contribution in [2.24, 2.45) is 5.73 Å². The molecule has 0 aliphatic heterocycles. The second-order valence-electron chi connectivity index (χ2n) is 2.88. The third-order valence-electron chi connectivity index (χ3n) is 1.74. The van der Waals surface area contributed by atoms with Gasteiger partial charge in [0.15, 0.2) is 0 Å². The van der Waals surface area contributed by atoms with E-state index in [2.05, 4.69) is 6.58 Å². The van der Waals surface area contributed by atoms with Gasteiger partial charge < -0.3 is 10.6 Å². The number of nitrogens with two attached hydrogens (primary N) is 1. The van der Waals surface area contributed by atoms with E-state index in [9.17, 15) is 4.79 Å². The number of carbonyl (C=O) groups is 1. The van der Waals surface area contributed by atoms with Crippen molar-refractivity contribution < 1.29 is 4.79 Å². The zero-order valence-electron chi connectivity index (χ0n) is 8.32. The van der Waals surface area contributed by atoms with Gasteiger partial charge in [0.25, 0.3) is 0 Å². The molecule has 0 spiro atoms. The summed E-state index contributed by atoms with van der Waals surface area (Å²) in [6.07, 6.45) is 4.23. The van der Waals surface area contributed by atoms with Crippen LogP contribution in [0.1, 0.15) is 6.42 Å². The van der Waals surface area contributed by atoms with Crippen LogP contribution in [0.5, 0.6) is 0 Å². The summed E-state index contributed by atoms with van der Waals surface area (Å²) in [7, 11) is 1.78. The van der Waals surface area contributed by atoms with Crippen molar-refractivity contribution in [2.75, 3.05) is 25.6 Å². The molecular weight excluding hydrogens is 184 g/mol. The highest BCUT2D eigenvalue weighted by Gasteiger charge is 2.15. The van der Waals surface area contributed by atoms with Crippen molar-refractivity contribution in [3.8, 4) is 0 Å². The average molecular weight is 202 g/mol. The van der Waals surface area contributed by atoms with Gasteiger partial charge >= 0.3 is 0 Å². The smallest absolute Gasteiger partial charge is 0.239 e. The van der Waals surface area contributed by atoms with Crippen molar-refractivity contribution in [3.63, 3.8) is 0 Å². The van der Waals surface area contributed by atoms with Gasteiger partial charge in [-0.3, -0.25) is 4.79 Å². The van der Waals surface area contributed by atoms with E-state index in [1.807, 2.05) is 6.26 Å². The van der Waals surface area contributed by atoms with Gasteiger partial charge in [-0.05, 0) is 12.7 Å². The van der Waals surface area contributed by atoms with E-state index < -0.39 is 6.04 Å². The summed E-state index contributed by atoms with van der Waals surface area (Å²) >= 11 is 1.72. The van der Waals surface area contributed by atoms with Crippen molar-refractivity contribution in [1.29, 1.82) is 0 Å². The Kier molecular flexibility index (Phi) is 6.72. The summed E-state index contributed by atoms with van der Waals surface area (Å²) in [4.78, 5) is 13.2. The first-order valence-corrected chi connectivity index (χ1v) is 5.63. The lowest BCUT2D eigenvalue weighted by atomic mass is 10.2. The van der Waals surface area contributed by atoms with Crippen LogP contribution in [-0.2, 0) is 4.79 Å². The maximum absolute atomic E-state index is 11.5. The molecule has 2 N–H and O–H groups in total. The van der Waals surface area contributed by atoms with Crippen LogP contribution in [0.25, 0.3) is 0 Å². The largest absolute Gasteiger partial charge is 0.344 e. The summed E-state index contributed by atoms with van der Waals surface area (Å²) in [6, 6.07) is -0.427. The molecule has 0 saturated heterocycles. The molecule has 0 rings (SSSR count). The van der Waals surface area contributed by atoms with E-state index in [1.165, 1.54) is 0 Å². The Morgan fingerprint density at radius 3 is 2.85 bits per heavy atom. The number of amides is 1. The van der Waals surface area contributed by atoms with Gasteiger partial charge in [-0.25, -0.2) is 0 Å². The zero-order chi connectivity index (χ0) is 10.3. The minimum Gasteiger partial charge on any atom is -0.344 e. The fraction of sp³-hybridized carbons (Fsp3) is 0.667. The van der Waals surface area contributed by atoms with Gasteiger partial charge in [0.1, 0.15) is 0 Å². The molecule has 1 amide bonds. The number of thioether (sulfide) groups is 1. The first-order valence-electron chi connectivity index (χ1n) is 4.23. The van der Waals surface area contributed by atoms with Crippen LogP contribution >= 0.6 is 11.8 Å². The quantitative estimate of drug-likeness (QED) is 0.645. The van der Waals surface area contributed by atoms with E-state index in [1.54, 1.807) is 29.8 Å². The van der Waals surface area contributed by atoms with Crippen molar-refractivity contribution in [1.82, 2.24) is 4.90 Å². The normalized spacial score (nSPS) is 12.2. The molecule has 0 heterocycles. The van der Waals surface area contributed by atoms with Crippen molar-refractivity contribution in [3.05, 3.63) is 12.7 Å². The standard InChI is InChI=1S/C9H18N2OS/c1-4-5-8(10)9(12)11(2)6-7-13-3/h4,8H,1,5-7,10H2,2-3H3. The van der Waals surface area contributed by atoms with Crippen molar-refractivity contribution >= 4 is 17.7 Å². The Hall–Kier alpha value is -0.480. The molecule has 0 aliphatic rings. The van der Waals surface area contributed by atoms with E-state index in [-0.39, 0.29) is 5.91 Å². The Labute approximate surface area is 84.4 Å². The third-order valence-corrected chi connectivity index (χ3v) is 2.34. The molecule has 1 unspecified atom stereocenters. The number of hydrogen-bond donors (Lipinski definition) is 1. The molecule has 4 heteroatoms.